The molecular weight excluding hydrogens is 370 g/mol. The average molecular weight is 397 g/mol. The van der Waals surface area contributed by atoms with E-state index in [2.05, 4.69) is 5.16 Å². The van der Waals surface area contributed by atoms with Gasteiger partial charge >= 0.3 is 0 Å². The van der Waals surface area contributed by atoms with Gasteiger partial charge in [-0.2, -0.15) is 0 Å². The Balaban J connectivity index is 1.35. The van der Waals surface area contributed by atoms with Crippen LogP contribution in [0.2, 0.25) is 0 Å². The van der Waals surface area contributed by atoms with Crippen molar-refractivity contribution < 1.29 is 18.8 Å². The summed E-state index contributed by atoms with van der Waals surface area (Å²) in [6.45, 7) is 3.40. The molecule has 2 aliphatic rings. The molecule has 1 aliphatic carbocycles. The van der Waals surface area contributed by atoms with Gasteiger partial charge in [-0.05, 0) is 38.0 Å². The maximum Gasteiger partial charge on any atom is 0.254 e. The van der Waals surface area contributed by atoms with Crippen molar-refractivity contribution in [2.24, 2.45) is 5.92 Å². The molecular formula is C22H27N3O4. The number of rotatable bonds is 6. The van der Waals surface area contributed by atoms with E-state index in [4.69, 9.17) is 9.26 Å². The summed E-state index contributed by atoms with van der Waals surface area (Å²) in [7, 11) is 1.75. The first-order valence-electron chi connectivity index (χ1n) is 10.3. The first kappa shape index (κ1) is 19.5. The highest BCUT2D eigenvalue weighted by atomic mass is 16.5. The molecule has 1 atom stereocenters. The van der Waals surface area contributed by atoms with Gasteiger partial charge in [0.15, 0.2) is 0 Å². The van der Waals surface area contributed by atoms with Crippen LogP contribution in [0, 0.1) is 5.92 Å². The van der Waals surface area contributed by atoms with E-state index in [9.17, 15) is 9.59 Å². The number of carbonyl (C=O) groups excluding carboxylic acids is 2. The summed E-state index contributed by atoms with van der Waals surface area (Å²) in [5, 5.41) is 3.92. The highest BCUT2D eigenvalue weighted by Gasteiger charge is 2.35. The molecule has 1 saturated heterocycles. The Hall–Kier alpha value is -2.83. The van der Waals surface area contributed by atoms with Crippen LogP contribution in [0.15, 0.2) is 41.1 Å². The molecule has 0 unspecified atom stereocenters. The van der Waals surface area contributed by atoms with Crippen molar-refractivity contribution >= 4 is 11.8 Å². The van der Waals surface area contributed by atoms with Gasteiger partial charge in [0, 0.05) is 50.5 Å². The van der Waals surface area contributed by atoms with E-state index in [0.29, 0.717) is 22.9 Å². The van der Waals surface area contributed by atoms with Crippen molar-refractivity contribution in [1.82, 2.24) is 15.0 Å². The van der Waals surface area contributed by atoms with Crippen molar-refractivity contribution in [3.05, 3.63) is 47.9 Å². The zero-order valence-electron chi connectivity index (χ0n) is 16.9. The molecule has 2 aromatic rings. The quantitative estimate of drug-likeness (QED) is 0.748. The molecule has 2 fully saturated rings. The Kier molecular flexibility index (Phi) is 5.56. The van der Waals surface area contributed by atoms with E-state index >= 15 is 0 Å². The molecule has 2 heterocycles. The van der Waals surface area contributed by atoms with Crippen LogP contribution in [0.4, 0.5) is 0 Å². The smallest absolute Gasteiger partial charge is 0.254 e. The molecule has 7 nitrogen and oxygen atoms in total. The van der Waals surface area contributed by atoms with E-state index in [1.165, 1.54) is 6.26 Å². The van der Waals surface area contributed by atoms with E-state index in [0.717, 1.165) is 38.8 Å². The van der Waals surface area contributed by atoms with Gasteiger partial charge in [0.25, 0.3) is 5.91 Å². The molecule has 154 valence electrons. The van der Waals surface area contributed by atoms with Crippen molar-refractivity contribution in [1.29, 1.82) is 0 Å². The number of aromatic nitrogens is 1. The highest BCUT2D eigenvalue weighted by Crippen LogP contribution is 2.32. The third-order valence-electron chi connectivity index (χ3n) is 5.85. The van der Waals surface area contributed by atoms with Gasteiger partial charge in [-0.25, -0.2) is 0 Å². The Morgan fingerprint density at radius 3 is 2.62 bits per heavy atom. The summed E-state index contributed by atoms with van der Waals surface area (Å²) < 4.78 is 11.0. The summed E-state index contributed by atoms with van der Waals surface area (Å²) in [6.07, 6.45) is 5.29. The fourth-order valence-corrected chi connectivity index (χ4v) is 3.69. The Bertz CT molecular complexity index is 855. The van der Waals surface area contributed by atoms with Gasteiger partial charge in [-0.15, -0.1) is 0 Å². The fourth-order valence-electron chi connectivity index (χ4n) is 3.69. The Labute approximate surface area is 170 Å². The first-order valence-corrected chi connectivity index (χ1v) is 10.3. The average Bonchev–Trinajstić information content (AvgIpc) is 3.46. The molecule has 0 bridgehead atoms. The van der Waals surface area contributed by atoms with Crippen LogP contribution in [-0.2, 0) is 4.79 Å². The minimum atomic E-state index is -0.195. The fraction of sp³-hybridized carbons (Fsp3) is 0.500. The Morgan fingerprint density at radius 1 is 1.21 bits per heavy atom. The SMILES string of the molecule is C[C@H](c1ccon1)N(C)C(=O)c1cccc(OC2CCN(C(=O)C3CC3)CC2)c1. The second kappa shape index (κ2) is 8.27. The number of likely N-dealkylation sites (tertiary alicyclic amines) is 1. The minimum Gasteiger partial charge on any atom is -0.490 e. The van der Waals surface area contributed by atoms with E-state index < -0.39 is 0 Å². The molecule has 1 aromatic heterocycles. The van der Waals surface area contributed by atoms with Gasteiger partial charge in [0.2, 0.25) is 5.91 Å². The molecule has 1 saturated carbocycles. The number of benzene rings is 1. The van der Waals surface area contributed by atoms with Crippen molar-refractivity contribution in [3.63, 3.8) is 0 Å². The summed E-state index contributed by atoms with van der Waals surface area (Å²) in [5.74, 6) is 1.16. The number of carbonyl (C=O) groups is 2. The molecule has 1 aromatic carbocycles. The number of amides is 2. The predicted octanol–water partition coefficient (Wildman–Crippen LogP) is 3.29. The minimum absolute atomic E-state index is 0.0652. The number of ether oxygens (including phenoxy) is 1. The third-order valence-corrected chi connectivity index (χ3v) is 5.85. The van der Waals surface area contributed by atoms with Crippen LogP contribution in [0.25, 0.3) is 0 Å². The second-order valence-electron chi connectivity index (χ2n) is 7.96. The second-order valence-corrected chi connectivity index (χ2v) is 7.96. The summed E-state index contributed by atoms with van der Waals surface area (Å²) >= 11 is 0. The molecule has 1 aliphatic heterocycles. The largest absolute Gasteiger partial charge is 0.490 e. The van der Waals surface area contributed by atoms with Crippen molar-refractivity contribution in [2.45, 2.75) is 44.8 Å². The molecule has 0 radical (unpaired) electrons. The Morgan fingerprint density at radius 2 is 1.97 bits per heavy atom. The van der Waals surface area contributed by atoms with Crippen molar-refractivity contribution in [3.8, 4) is 5.75 Å². The maximum atomic E-state index is 12.9. The summed E-state index contributed by atoms with van der Waals surface area (Å²) in [6, 6.07) is 8.85. The summed E-state index contributed by atoms with van der Waals surface area (Å²) in [4.78, 5) is 28.7. The lowest BCUT2D eigenvalue weighted by Crippen LogP contribution is -2.42. The third kappa shape index (κ3) is 4.44. The number of nitrogens with zero attached hydrogens (tertiary/aromatic N) is 3. The molecule has 29 heavy (non-hydrogen) atoms. The lowest BCUT2D eigenvalue weighted by Gasteiger charge is -2.32. The highest BCUT2D eigenvalue weighted by molar-refractivity contribution is 5.94. The normalized spacial score (nSPS) is 18.3. The molecule has 0 N–H and O–H groups in total. The van der Waals surface area contributed by atoms with Gasteiger partial charge in [0.1, 0.15) is 23.8 Å². The van der Waals surface area contributed by atoms with Crippen molar-refractivity contribution in [2.75, 3.05) is 20.1 Å². The van der Waals surface area contributed by atoms with E-state index in [-0.39, 0.29) is 24.0 Å². The van der Waals surface area contributed by atoms with E-state index in [1.807, 2.05) is 24.0 Å². The topological polar surface area (TPSA) is 75.9 Å². The maximum absolute atomic E-state index is 12.9. The number of hydrogen-bond acceptors (Lipinski definition) is 5. The molecule has 0 spiro atoms. The van der Waals surface area contributed by atoms with Crippen LogP contribution in [-0.4, -0.2) is 53.0 Å². The van der Waals surface area contributed by atoms with E-state index in [1.54, 1.807) is 30.1 Å². The zero-order chi connectivity index (χ0) is 20.4. The van der Waals surface area contributed by atoms with Gasteiger partial charge < -0.3 is 19.1 Å². The van der Waals surface area contributed by atoms with Crippen LogP contribution in [0.3, 0.4) is 0 Å². The van der Waals surface area contributed by atoms with Crippen LogP contribution in [0.1, 0.15) is 54.7 Å². The zero-order valence-corrected chi connectivity index (χ0v) is 16.9. The number of hydrogen-bond donors (Lipinski definition) is 0. The van der Waals surface area contributed by atoms with Gasteiger partial charge in [-0.1, -0.05) is 11.2 Å². The van der Waals surface area contributed by atoms with Crippen LogP contribution in [0.5, 0.6) is 5.75 Å². The molecule has 2 amide bonds. The molecule has 7 heteroatoms. The monoisotopic (exact) mass is 397 g/mol. The molecule has 4 rings (SSSR count). The first-order chi connectivity index (χ1) is 14.0. The predicted molar refractivity (Wildman–Crippen MR) is 106 cm³/mol. The lowest BCUT2D eigenvalue weighted by atomic mass is 10.1. The lowest BCUT2D eigenvalue weighted by molar-refractivity contribution is -0.134. The van der Waals surface area contributed by atoms with Crippen LogP contribution < -0.4 is 4.74 Å². The summed E-state index contributed by atoms with van der Waals surface area (Å²) in [5.41, 5.74) is 1.28. The van der Waals surface area contributed by atoms with Gasteiger partial charge in [-0.3, -0.25) is 9.59 Å². The number of piperidine rings is 1. The standard InChI is InChI=1S/C22H27N3O4/c1-15(20-10-13-28-23-20)24(2)21(26)17-4-3-5-19(14-17)29-18-8-11-25(12-9-18)22(27)16-6-7-16/h3-5,10,13-16,18H,6-9,11-12H2,1-2H3/t15-/m1/s1. The van der Waals surface area contributed by atoms with Crippen LogP contribution >= 0.6 is 0 Å². The van der Waals surface area contributed by atoms with Gasteiger partial charge in [0.05, 0.1) is 6.04 Å².